The Kier molecular flexibility index (Phi) is 4.82. The molecule has 0 spiro atoms. The van der Waals surface area contributed by atoms with Gasteiger partial charge in [0.05, 0.1) is 11.4 Å². The van der Waals surface area contributed by atoms with Crippen LogP contribution in [-0.4, -0.2) is 44.2 Å². The van der Waals surface area contributed by atoms with E-state index >= 15 is 4.39 Å². The molecule has 2 aliphatic rings. The Balaban J connectivity index is 1.43. The molecular formula is C24H20F3N5O2. The highest BCUT2D eigenvalue weighted by molar-refractivity contribution is 5.65. The first-order valence-electron chi connectivity index (χ1n) is 10.9. The molecule has 1 aliphatic heterocycles. The summed E-state index contributed by atoms with van der Waals surface area (Å²) in [4.78, 5) is 13.1. The number of ether oxygens (including phenoxy) is 1. The monoisotopic (exact) mass is 467 g/mol. The average molecular weight is 467 g/mol. The molecule has 1 saturated heterocycles. The Morgan fingerprint density at radius 1 is 1.18 bits per heavy atom. The molecule has 0 radical (unpaired) electrons. The van der Waals surface area contributed by atoms with E-state index in [4.69, 9.17) is 4.74 Å². The predicted octanol–water partition coefficient (Wildman–Crippen LogP) is 3.40. The highest BCUT2D eigenvalue weighted by Crippen LogP contribution is 2.42. The van der Waals surface area contributed by atoms with Gasteiger partial charge in [0.15, 0.2) is 5.82 Å². The first-order valence-corrected chi connectivity index (χ1v) is 10.9. The molecule has 7 nitrogen and oxygen atoms in total. The maximum Gasteiger partial charge on any atom is 0.387 e. The minimum Gasteiger partial charge on any atom is -0.435 e. The Morgan fingerprint density at radius 3 is 2.65 bits per heavy atom. The molecule has 4 heterocycles. The molecule has 4 aromatic rings. The highest BCUT2D eigenvalue weighted by atomic mass is 19.3. The van der Waals surface area contributed by atoms with Gasteiger partial charge in [0, 0.05) is 60.4 Å². The molecule has 2 N–H and O–H groups in total. The summed E-state index contributed by atoms with van der Waals surface area (Å²) in [6, 6.07) is 8.08. The van der Waals surface area contributed by atoms with E-state index < -0.39 is 18.0 Å². The average Bonchev–Trinajstić information content (AvgIpc) is 3.36. The van der Waals surface area contributed by atoms with Crippen LogP contribution in [0.3, 0.4) is 0 Å². The van der Waals surface area contributed by atoms with Gasteiger partial charge in [-0.25, -0.2) is 19.3 Å². The van der Waals surface area contributed by atoms with E-state index in [1.807, 2.05) is 4.40 Å². The van der Waals surface area contributed by atoms with Crippen LogP contribution in [0.1, 0.15) is 35.1 Å². The van der Waals surface area contributed by atoms with Gasteiger partial charge in [0.25, 0.3) is 0 Å². The number of pyridine rings is 1. The smallest absolute Gasteiger partial charge is 0.387 e. The normalized spacial score (nSPS) is 18.8. The zero-order valence-electron chi connectivity index (χ0n) is 17.9. The maximum absolute atomic E-state index is 15.0. The second kappa shape index (κ2) is 7.78. The number of para-hydroxylation sites is 1. The summed E-state index contributed by atoms with van der Waals surface area (Å²) < 4.78 is 47.6. The van der Waals surface area contributed by atoms with Crippen LogP contribution in [0.15, 0.2) is 48.9 Å². The van der Waals surface area contributed by atoms with E-state index in [9.17, 15) is 13.9 Å². The van der Waals surface area contributed by atoms with Gasteiger partial charge in [0.1, 0.15) is 22.8 Å². The van der Waals surface area contributed by atoms with Crippen molar-refractivity contribution in [1.29, 1.82) is 0 Å². The first kappa shape index (κ1) is 21.1. The zero-order chi connectivity index (χ0) is 23.4. The Morgan fingerprint density at radius 2 is 1.94 bits per heavy atom. The fourth-order valence-corrected chi connectivity index (χ4v) is 4.82. The van der Waals surface area contributed by atoms with E-state index in [0.29, 0.717) is 42.7 Å². The van der Waals surface area contributed by atoms with Crippen LogP contribution in [0.5, 0.6) is 5.75 Å². The molecule has 3 aromatic heterocycles. The van der Waals surface area contributed by atoms with Crippen molar-refractivity contribution < 1.29 is 23.0 Å². The SMILES string of the molecule is OC1(c2ncc(-c3cn4c5c(nc4cc3F)CC[C@@H]5c3ccccc3OC(F)F)cn2)CNC1. The number of nitrogens with one attached hydrogen (secondary N) is 1. The Labute approximate surface area is 192 Å². The van der Waals surface area contributed by atoms with Crippen LogP contribution in [0.4, 0.5) is 13.2 Å². The van der Waals surface area contributed by atoms with Crippen molar-refractivity contribution in [3.05, 3.63) is 77.5 Å². The summed E-state index contributed by atoms with van der Waals surface area (Å²) in [6.07, 6.45) is 5.95. The van der Waals surface area contributed by atoms with Crippen molar-refractivity contribution in [1.82, 2.24) is 24.7 Å². The molecule has 1 aromatic carbocycles. The summed E-state index contributed by atoms with van der Waals surface area (Å²) in [5.74, 6) is -0.289. The largest absolute Gasteiger partial charge is 0.435 e. The lowest BCUT2D eigenvalue weighted by molar-refractivity contribution is -0.0505. The number of fused-ring (bicyclic) bond motifs is 3. The van der Waals surface area contributed by atoms with E-state index in [-0.39, 0.29) is 23.1 Å². The van der Waals surface area contributed by atoms with Crippen LogP contribution >= 0.6 is 0 Å². The second-order valence-electron chi connectivity index (χ2n) is 8.65. The van der Waals surface area contributed by atoms with E-state index in [1.165, 1.54) is 24.5 Å². The van der Waals surface area contributed by atoms with Crippen LogP contribution in [0, 0.1) is 5.82 Å². The summed E-state index contributed by atoms with van der Waals surface area (Å²) in [6.45, 7) is -2.19. The van der Waals surface area contributed by atoms with Gasteiger partial charge in [-0.2, -0.15) is 8.78 Å². The fraction of sp³-hybridized carbons (Fsp3) is 0.292. The molecule has 0 unspecified atom stereocenters. The Bertz CT molecular complexity index is 1390. The molecule has 0 bridgehead atoms. The third kappa shape index (κ3) is 3.33. The number of aryl methyl sites for hydroxylation is 1. The van der Waals surface area contributed by atoms with Crippen LogP contribution in [0.25, 0.3) is 16.8 Å². The number of halogens is 3. The van der Waals surface area contributed by atoms with Crippen LogP contribution in [-0.2, 0) is 12.0 Å². The number of nitrogens with zero attached hydrogens (tertiary/aromatic N) is 4. The van der Waals surface area contributed by atoms with Crippen molar-refractivity contribution in [3.63, 3.8) is 0 Å². The number of aromatic nitrogens is 4. The van der Waals surface area contributed by atoms with Crippen molar-refractivity contribution >= 4 is 5.65 Å². The van der Waals surface area contributed by atoms with Gasteiger partial charge in [-0.1, -0.05) is 18.2 Å². The molecular weight excluding hydrogens is 447 g/mol. The van der Waals surface area contributed by atoms with Gasteiger partial charge in [-0.3, -0.25) is 0 Å². The molecule has 34 heavy (non-hydrogen) atoms. The van der Waals surface area contributed by atoms with Gasteiger partial charge in [-0.05, 0) is 18.9 Å². The lowest BCUT2D eigenvalue weighted by Gasteiger charge is -2.35. The van der Waals surface area contributed by atoms with Gasteiger partial charge < -0.3 is 19.6 Å². The lowest BCUT2D eigenvalue weighted by atomic mass is 9.95. The number of imidazole rings is 1. The lowest BCUT2D eigenvalue weighted by Crippen LogP contribution is -2.57. The van der Waals surface area contributed by atoms with Crippen LogP contribution < -0.4 is 10.1 Å². The van der Waals surface area contributed by atoms with Crippen molar-refractivity contribution in [2.75, 3.05) is 13.1 Å². The minimum absolute atomic E-state index is 0.125. The topological polar surface area (TPSA) is 84.6 Å². The summed E-state index contributed by atoms with van der Waals surface area (Å²) >= 11 is 0. The number of hydrogen-bond donors (Lipinski definition) is 2. The molecule has 0 saturated carbocycles. The second-order valence-corrected chi connectivity index (χ2v) is 8.65. The number of rotatable bonds is 5. The maximum atomic E-state index is 15.0. The highest BCUT2D eigenvalue weighted by Gasteiger charge is 2.39. The van der Waals surface area contributed by atoms with Gasteiger partial charge >= 0.3 is 6.61 Å². The first-order chi connectivity index (χ1) is 16.4. The van der Waals surface area contributed by atoms with Gasteiger partial charge in [-0.15, -0.1) is 0 Å². The Hall–Kier alpha value is -3.50. The number of alkyl halides is 2. The van der Waals surface area contributed by atoms with E-state index in [0.717, 1.165) is 11.4 Å². The quantitative estimate of drug-likeness (QED) is 0.468. The van der Waals surface area contributed by atoms with Crippen molar-refractivity contribution in [2.45, 2.75) is 31.0 Å². The third-order valence-electron chi connectivity index (χ3n) is 6.55. The predicted molar refractivity (Wildman–Crippen MR) is 116 cm³/mol. The van der Waals surface area contributed by atoms with E-state index in [2.05, 4.69) is 20.3 Å². The van der Waals surface area contributed by atoms with Crippen molar-refractivity contribution in [2.24, 2.45) is 0 Å². The van der Waals surface area contributed by atoms with Gasteiger partial charge in [0.2, 0.25) is 0 Å². The number of aliphatic hydroxyl groups is 1. The number of β-amino-alcohol motifs (C(OH)–C–C–N with tert-alkyl or cyclic N) is 1. The van der Waals surface area contributed by atoms with E-state index in [1.54, 1.807) is 24.4 Å². The molecule has 1 atom stereocenters. The molecule has 1 fully saturated rings. The molecule has 1 aliphatic carbocycles. The van der Waals surface area contributed by atoms with Crippen molar-refractivity contribution in [3.8, 4) is 16.9 Å². The number of benzene rings is 1. The molecule has 0 amide bonds. The summed E-state index contributed by atoms with van der Waals surface area (Å²) in [7, 11) is 0. The molecule has 10 heteroatoms. The summed E-state index contributed by atoms with van der Waals surface area (Å²) in [5, 5.41) is 13.4. The van der Waals surface area contributed by atoms with Crippen LogP contribution in [0.2, 0.25) is 0 Å². The standard InChI is InChI=1S/C24H20F3N5O2/c25-17-7-20-31-18-6-5-15(14-3-1-2-4-19(14)34-23(26)27)21(18)32(20)10-16(17)13-8-29-22(30-9-13)24(33)11-28-12-24/h1-4,7-10,15,23,28,33H,5-6,11-12H2/t15-/m1/s1. The summed E-state index contributed by atoms with van der Waals surface area (Å²) in [5.41, 5.74) is 2.35. The molecule has 6 rings (SSSR count). The third-order valence-corrected chi connectivity index (χ3v) is 6.55. The molecule has 174 valence electrons. The minimum atomic E-state index is -2.93. The fourth-order valence-electron chi connectivity index (χ4n) is 4.82. The zero-order valence-corrected chi connectivity index (χ0v) is 17.9. The number of hydrogen-bond acceptors (Lipinski definition) is 6.